The van der Waals surface area contributed by atoms with E-state index in [1.807, 2.05) is 6.07 Å². The van der Waals surface area contributed by atoms with Gasteiger partial charge >= 0.3 is 18.2 Å². The van der Waals surface area contributed by atoms with Crippen LogP contribution in [0.15, 0.2) is 77.6 Å². The number of imidazole rings is 1. The quantitative estimate of drug-likeness (QED) is 0.292. The fourth-order valence-corrected chi connectivity index (χ4v) is 4.74. The van der Waals surface area contributed by atoms with E-state index in [1.54, 1.807) is 47.4 Å². The number of aromatic amines is 1. The van der Waals surface area contributed by atoms with Crippen LogP contribution in [0.5, 0.6) is 11.8 Å². The maximum Gasteiger partial charge on any atom is 0.416 e. The second-order valence-corrected chi connectivity index (χ2v) is 9.38. The van der Waals surface area contributed by atoms with Gasteiger partial charge in [-0.05, 0) is 48.5 Å². The topological polar surface area (TPSA) is 102 Å². The number of hydrogen-bond donors (Lipinski definition) is 1. The van der Waals surface area contributed by atoms with Gasteiger partial charge in [-0.25, -0.2) is 19.3 Å². The summed E-state index contributed by atoms with van der Waals surface area (Å²) in [5, 5.41) is 0. The smallest absolute Gasteiger partial charge is 0.416 e. The molecule has 3 heterocycles. The first-order chi connectivity index (χ1) is 19.7. The van der Waals surface area contributed by atoms with Crippen molar-refractivity contribution in [1.82, 2.24) is 19.5 Å². The average Bonchev–Trinajstić information content (AvgIpc) is 3.41. The number of ether oxygens (including phenoxy) is 2. The van der Waals surface area contributed by atoms with E-state index in [4.69, 9.17) is 14.5 Å². The molecule has 1 aliphatic rings. The van der Waals surface area contributed by atoms with Gasteiger partial charge < -0.3 is 19.4 Å². The summed E-state index contributed by atoms with van der Waals surface area (Å²) in [6, 6.07) is 18.6. The third-order valence-electron chi connectivity index (χ3n) is 6.77. The van der Waals surface area contributed by atoms with Gasteiger partial charge in [0.05, 0.1) is 52.8 Å². The van der Waals surface area contributed by atoms with Crippen molar-refractivity contribution in [2.45, 2.75) is 19.1 Å². The SMILES string of the molecule is COC(=O)c1cccc(Oc2nc3c(c(=O)n2-c2ccccc2)CN(c2nc4ccc(C(F)(F)F)cc4[nH]2)CC3)c1. The van der Waals surface area contributed by atoms with E-state index in [0.717, 1.165) is 12.1 Å². The molecule has 6 rings (SSSR count). The van der Waals surface area contributed by atoms with Crippen molar-refractivity contribution in [3.8, 4) is 17.4 Å². The molecule has 1 aliphatic heterocycles. The lowest BCUT2D eigenvalue weighted by molar-refractivity contribution is -0.137. The van der Waals surface area contributed by atoms with Gasteiger partial charge in [-0.3, -0.25) is 4.79 Å². The molecule has 0 atom stereocenters. The number of anilines is 1. The Hall–Kier alpha value is -5.13. The van der Waals surface area contributed by atoms with Crippen LogP contribution in [0.2, 0.25) is 0 Å². The zero-order valence-corrected chi connectivity index (χ0v) is 21.6. The van der Waals surface area contributed by atoms with Crippen LogP contribution in [0.4, 0.5) is 19.1 Å². The number of nitrogens with zero attached hydrogens (tertiary/aromatic N) is 4. The normalized spacial score (nSPS) is 13.2. The van der Waals surface area contributed by atoms with Gasteiger partial charge in [0.15, 0.2) is 0 Å². The number of halogens is 3. The third-order valence-corrected chi connectivity index (χ3v) is 6.77. The van der Waals surface area contributed by atoms with Crippen LogP contribution >= 0.6 is 0 Å². The van der Waals surface area contributed by atoms with Crippen molar-refractivity contribution in [3.05, 3.63) is 106 Å². The van der Waals surface area contributed by atoms with Gasteiger partial charge in [0, 0.05) is 13.0 Å². The Morgan fingerprint density at radius 2 is 1.80 bits per heavy atom. The number of fused-ring (bicyclic) bond motifs is 2. The van der Waals surface area contributed by atoms with Crippen molar-refractivity contribution in [2.24, 2.45) is 0 Å². The van der Waals surface area contributed by atoms with Gasteiger partial charge in [0.2, 0.25) is 5.95 Å². The highest BCUT2D eigenvalue weighted by molar-refractivity contribution is 5.89. The standard InChI is InChI=1S/C29H22F3N5O4/c1-40-26(39)17-6-5-9-20(14-17)41-28-35-22-12-13-36(16-21(22)25(38)37(28)19-7-3-2-4-8-19)27-33-23-11-10-18(29(30,31)32)15-24(23)34-27/h2-11,14-15H,12-13,16H2,1H3,(H,33,34). The van der Waals surface area contributed by atoms with Gasteiger partial charge in [0.25, 0.3) is 5.56 Å². The van der Waals surface area contributed by atoms with Crippen LogP contribution in [0, 0.1) is 0 Å². The number of nitrogens with one attached hydrogen (secondary N) is 1. The lowest BCUT2D eigenvalue weighted by Gasteiger charge is -2.28. The highest BCUT2D eigenvalue weighted by Gasteiger charge is 2.31. The Kier molecular flexibility index (Phi) is 6.45. The van der Waals surface area contributed by atoms with Crippen LogP contribution in [-0.2, 0) is 23.9 Å². The van der Waals surface area contributed by atoms with Crippen LogP contribution < -0.4 is 15.2 Å². The highest BCUT2D eigenvalue weighted by atomic mass is 19.4. The molecule has 0 spiro atoms. The summed E-state index contributed by atoms with van der Waals surface area (Å²) in [6.07, 6.45) is -4.11. The molecule has 0 saturated heterocycles. The summed E-state index contributed by atoms with van der Waals surface area (Å²) < 4.78 is 51.8. The first kappa shape index (κ1) is 26.1. The minimum absolute atomic E-state index is 0.0267. The number of carbonyl (C=O) groups excluding carboxylic acids is 1. The van der Waals surface area contributed by atoms with Crippen LogP contribution in [-0.4, -0.2) is 39.1 Å². The van der Waals surface area contributed by atoms with Crippen LogP contribution in [0.3, 0.4) is 0 Å². The minimum atomic E-state index is -4.47. The molecule has 41 heavy (non-hydrogen) atoms. The summed E-state index contributed by atoms with van der Waals surface area (Å²) in [5.41, 5.74) is 1.24. The summed E-state index contributed by atoms with van der Waals surface area (Å²) >= 11 is 0. The average molecular weight is 562 g/mol. The lowest BCUT2D eigenvalue weighted by atomic mass is 10.1. The molecule has 0 saturated carbocycles. The highest BCUT2D eigenvalue weighted by Crippen LogP contribution is 2.32. The first-order valence-corrected chi connectivity index (χ1v) is 12.6. The van der Waals surface area contributed by atoms with Gasteiger partial charge in [-0.15, -0.1) is 0 Å². The predicted octanol–water partition coefficient (Wildman–Crippen LogP) is 5.27. The first-order valence-electron chi connectivity index (χ1n) is 12.6. The van der Waals surface area contributed by atoms with Gasteiger partial charge in [-0.1, -0.05) is 24.3 Å². The number of H-pyrrole nitrogens is 1. The van der Waals surface area contributed by atoms with Gasteiger partial charge in [-0.2, -0.15) is 13.2 Å². The van der Waals surface area contributed by atoms with E-state index in [9.17, 15) is 22.8 Å². The van der Waals surface area contributed by atoms with Crippen molar-refractivity contribution in [3.63, 3.8) is 0 Å². The minimum Gasteiger partial charge on any atom is -0.465 e. The maximum atomic E-state index is 13.9. The lowest BCUT2D eigenvalue weighted by Crippen LogP contribution is -2.38. The molecule has 1 N–H and O–H groups in total. The molecule has 12 heteroatoms. The van der Waals surface area contributed by atoms with E-state index in [0.29, 0.717) is 47.1 Å². The number of methoxy groups -OCH3 is 1. The fourth-order valence-electron chi connectivity index (χ4n) is 4.74. The van der Waals surface area contributed by atoms with Gasteiger partial charge in [0.1, 0.15) is 5.75 Å². The molecule has 0 amide bonds. The number of aromatic nitrogens is 4. The van der Waals surface area contributed by atoms with Crippen molar-refractivity contribution in [2.75, 3.05) is 18.6 Å². The molecular weight excluding hydrogens is 539 g/mol. The molecule has 0 radical (unpaired) electrons. The molecule has 2 aromatic heterocycles. The summed E-state index contributed by atoms with van der Waals surface area (Å²) in [7, 11) is 1.28. The second-order valence-electron chi connectivity index (χ2n) is 9.38. The Bertz CT molecular complexity index is 1830. The number of hydrogen-bond acceptors (Lipinski definition) is 7. The Morgan fingerprint density at radius 3 is 2.56 bits per heavy atom. The summed E-state index contributed by atoms with van der Waals surface area (Å²) in [6.45, 7) is 0.552. The Labute approximate surface area is 230 Å². The second kappa shape index (κ2) is 10.1. The summed E-state index contributed by atoms with van der Waals surface area (Å²) in [5.74, 6) is 0.118. The Balaban J connectivity index is 1.38. The van der Waals surface area contributed by atoms with Crippen LogP contribution in [0.25, 0.3) is 16.7 Å². The molecule has 3 aromatic carbocycles. The van der Waals surface area contributed by atoms with E-state index >= 15 is 0 Å². The van der Waals surface area contributed by atoms with E-state index in [1.165, 1.54) is 23.8 Å². The predicted molar refractivity (Wildman–Crippen MR) is 144 cm³/mol. The fraction of sp³-hybridized carbons (Fsp3) is 0.172. The largest absolute Gasteiger partial charge is 0.465 e. The zero-order valence-electron chi connectivity index (χ0n) is 21.6. The van der Waals surface area contributed by atoms with Crippen molar-refractivity contribution in [1.29, 1.82) is 0 Å². The molecular formula is C29H22F3N5O4. The monoisotopic (exact) mass is 561 g/mol. The van der Waals surface area contributed by atoms with Crippen molar-refractivity contribution >= 4 is 23.0 Å². The molecule has 0 fully saturated rings. The van der Waals surface area contributed by atoms with Crippen molar-refractivity contribution < 1.29 is 27.4 Å². The molecule has 5 aromatic rings. The molecule has 9 nitrogen and oxygen atoms in total. The van der Waals surface area contributed by atoms with E-state index in [2.05, 4.69) is 9.97 Å². The molecule has 208 valence electrons. The number of carbonyl (C=O) groups is 1. The summed E-state index contributed by atoms with van der Waals surface area (Å²) in [4.78, 5) is 39.9. The molecule has 0 bridgehead atoms. The number of esters is 1. The third kappa shape index (κ3) is 4.99. The number of benzene rings is 3. The van der Waals surface area contributed by atoms with Crippen LogP contribution in [0.1, 0.15) is 27.2 Å². The van der Waals surface area contributed by atoms with E-state index in [-0.39, 0.29) is 29.2 Å². The molecule has 0 aliphatic carbocycles. The van der Waals surface area contributed by atoms with E-state index < -0.39 is 17.7 Å². The Morgan fingerprint density at radius 1 is 1.00 bits per heavy atom. The maximum absolute atomic E-state index is 13.9. The molecule has 0 unspecified atom stereocenters. The zero-order chi connectivity index (χ0) is 28.7. The number of para-hydroxylation sites is 1. The number of alkyl halides is 3. The number of rotatable bonds is 5.